The summed E-state index contributed by atoms with van der Waals surface area (Å²) in [6.45, 7) is 5.95. The van der Waals surface area contributed by atoms with Crippen molar-refractivity contribution in [1.82, 2.24) is 9.78 Å². The van der Waals surface area contributed by atoms with Gasteiger partial charge < -0.3 is 11.5 Å². The summed E-state index contributed by atoms with van der Waals surface area (Å²) in [6.07, 6.45) is 1.69. The fraction of sp³-hybridized carbons (Fsp3) is 0.389. The molecule has 7 heteroatoms. The maximum atomic E-state index is 14.3. The number of benzene rings is 1. The Morgan fingerprint density at radius 3 is 2.60 bits per heavy atom. The highest BCUT2D eigenvalue weighted by molar-refractivity contribution is 6.00. The van der Waals surface area contributed by atoms with Gasteiger partial charge in [0.1, 0.15) is 5.82 Å². The predicted octanol–water partition coefficient (Wildman–Crippen LogP) is 2.41. The summed E-state index contributed by atoms with van der Waals surface area (Å²) in [4.78, 5) is 23.9. The number of primary amides is 1. The Morgan fingerprint density at radius 2 is 2.04 bits per heavy atom. The maximum absolute atomic E-state index is 14.3. The number of carbonyl (C=O) groups excluding carboxylic acids is 2. The number of hydrogen-bond acceptors (Lipinski definition) is 4. The summed E-state index contributed by atoms with van der Waals surface area (Å²) in [5.74, 6) is -1.67. The SMILES string of the molecule is CCc1nn(-c2cc(N)c(C(N)=O)c(F)c2)c2c1C(=O)CC(C)(C)C2. The van der Waals surface area contributed by atoms with Gasteiger partial charge in [0.15, 0.2) is 5.78 Å². The summed E-state index contributed by atoms with van der Waals surface area (Å²) in [6, 6.07) is 2.64. The summed E-state index contributed by atoms with van der Waals surface area (Å²) >= 11 is 0. The van der Waals surface area contributed by atoms with Crippen LogP contribution in [0.25, 0.3) is 5.69 Å². The number of aryl methyl sites for hydroxylation is 1. The van der Waals surface area contributed by atoms with Crippen LogP contribution in [0.1, 0.15) is 59.3 Å². The average Bonchev–Trinajstić information content (AvgIpc) is 2.83. The van der Waals surface area contributed by atoms with Crippen LogP contribution in [0.5, 0.6) is 0 Å². The van der Waals surface area contributed by atoms with Crippen molar-refractivity contribution in [3.8, 4) is 5.69 Å². The van der Waals surface area contributed by atoms with Crippen LogP contribution in [0, 0.1) is 11.2 Å². The van der Waals surface area contributed by atoms with E-state index in [1.54, 1.807) is 4.68 Å². The first kappa shape index (κ1) is 17.1. The van der Waals surface area contributed by atoms with E-state index >= 15 is 0 Å². The first-order valence-electron chi connectivity index (χ1n) is 8.17. The number of hydrogen-bond donors (Lipinski definition) is 2. The van der Waals surface area contributed by atoms with Gasteiger partial charge in [0.05, 0.1) is 28.2 Å². The van der Waals surface area contributed by atoms with Crippen LogP contribution in [-0.4, -0.2) is 21.5 Å². The van der Waals surface area contributed by atoms with Crippen LogP contribution in [0.4, 0.5) is 10.1 Å². The monoisotopic (exact) mass is 344 g/mol. The molecular weight excluding hydrogens is 323 g/mol. The van der Waals surface area contributed by atoms with Gasteiger partial charge in [0, 0.05) is 18.2 Å². The second kappa shape index (κ2) is 5.68. The van der Waals surface area contributed by atoms with Crippen LogP contribution in [0.3, 0.4) is 0 Å². The third kappa shape index (κ3) is 2.79. The summed E-state index contributed by atoms with van der Waals surface area (Å²) < 4.78 is 15.9. The molecule has 1 aliphatic rings. The molecule has 1 aromatic carbocycles. The number of fused-ring (bicyclic) bond motifs is 1. The lowest BCUT2D eigenvalue weighted by molar-refractivity contribution is 0.0909. The van der Waals surface area contributed by atoms with Gasteiger partial charge in [-0.05, 0) is 24.3 Å². The number of nitrogen functional groups attached to an aromatic ring is 1. The van der Waals surface area contributed by atoms with Crippen molar-refractivity contribution in [2.24, 2.45) is 11.1 Å². The van der Waals surface area contributed by atoms with Gasteiger partial charge in [-0.15, -0.1) is 0 Å². The van der Waals surface area contributed by atoms with E-state index in [2.05, 4.69) is 5.10 Å². The van der Waals surface area contributed by atoms with Crippen LogP contribution in [0.15, 0.2) is 12.1 Å². The minimum Gasteiger partial charge on any atom is -0.398 e. The minimum absolute atomic E-state index is 0.0498. The molecule has 0 saturated carbocycles. The van der Waals surface area contributed by atoms with Crippen LogP contribution >= 0.6 is 0 Å². The number of halogens is 1. The van der Waals surface area contributed by atoms with Crippen LogP contribution < -0.4 is 11.5 Å². The number of nitrogens with zero attached hydrogens (tertiary/aromatic N) is 2. The summed E-state index contributed by atoms with van der Waals surface area (Å²) in [5, 5.41) is 4.51. The van der Waals surface area contributed by atoms with Crippen LogP contribution in [0.2, 0.25) is 0 Å². The molecule has 132 valence electrons. The summed E-state index contributed by atoms with van der Waals surface area (Å²) in [7, 11) is 0. The highest BCUT2D eigenvalue weighted by Crippen LogP contribution is 2.37. The quantitative estimate of drug-likeness (QED) is 0.834. The lowest BCUT2D eigenvalue weighted by Crippen LogP contribution is -2.28. The fourth-order valence-corrected chi connectivity index (χ4v) is 3.48. The number of rotatable bonds is 3. The molecule has 1 heterocycles. The highest BCUT2D eigenvalue weighted by Gasteiger charge is 2.36. The summed E-state index contributed by atoms with van der Waals surface area (Å²) in [5.41, 5.74) is 12.8. The Kier molecular flexibility index (Phi) is 3.89. The molecule has 0 atom stereocenters. The molecule has 0 saturated heterocycles. The molecule has 0 aliphatic heterocycles. The van der Waals surface area contributed by atoms with E-state index in [1.165, 1.54) is 12.1 Å². The Bertz CT molecular complexity index is 876. The number of aromatic nitrogens is 2. The maximum Gasteiger partial charge on any atom is 0.253 e. The average molecular weight is 344 g/mol. The van der Waals surface area contributed by atoms with Gasteiger partial charge in [0.2, 0.25) is 0 Å². The number of ketones is 1. The van der Waals surface area contributed by atoms with Gasteiger partial charge >= 0.3 is 0 Å². The smallest absolute Gasteiger partial charge is 0.253 e. The molecule has 2 aromatic rings. The van der Waals surface area contributed by atoms with E-state index in [4.69, 9.17) is 11.5 Å². The Hall–Kier alpha value is -2.70. The van der Waals surface area contributed by atoms with Crippen molar-refractivity contribution >= 4 is 17.4 Å². The third-order valence-electron chi connectivity index (χ3n) is 4.55. The molecule has 0 bridgehead atoms. The van der Waals surface area contributed by atoms with Crippen molar-refractivity contribution in [3.05, 3.63) is 40.5 Å². The highest BCUT2D eigenvalue weighted by atomic mass is 19.1. The van der Waals surface area contributed by atoms with E-state index in [0.29, 0.717) is 36.2 Å². The predicted molar refractivity (Wildman–Crippen MR) is 92.3 cm³/mol. The first-order chi connectivity index (χ1) is 11.6. The van der Waals surface area contributed by atoms with E-state index in [0.717, 1.165) is 5.69 Å². The molecule has 1 aromatic heterocycles. The molecular formula is C18H21FN4O2. The number of Topliss-reactive ketones (excluding diaryl/α,β-unsaturated/α-hetero) is 1. The molecule has 1 amide bonds. The number of anilines is 1. The zero-order valence-electron chi connectivity index (χ0n) is 14.5. The largest absolute Gasteiger partial charge is 0.398 e. The second-order valence-corrected chi connectivity index (χ2v) is 7.23. The zero-order chi connectivity index (χ0) is 18.5. The Labute approximate surface area is 145 Å². The van der Waals surface area contributed by atoms with Crippen molar-refractivity contribution < 1.29 is 14.0 Å². The lowest BCUT2D eigenvalue weighted by Gasteiger charge is -2.29. The molecule has 0 fully saturated rings. The minimum atomic E-state index is -0.922. The molecule has 3 rings (SSSR count). The van der Waals surface area contributed by atoms with Gasteiger partial charge in [-0.25, -0.2) is 9.07 Å². The Balaban J connectivity index is 2.23. The van der Waals surface area contributed by atoms with E-state index in [9.17, 15) is 14.0 Å². The van der Waals surface area contributed by atoms with E-state index in [1.807, 2.05) is 20.8 Å². The third-order valence-corrected chi connectivity index (χ3v) is 4.55. The number of nitrogens with two attached hydrogens (primary N) is 2. The Morgan fingerprint density at radius 1 is 1.36 bits per heavy atom. The molecule has 25 heavy (non-hydrogen) atoms. The molecule has 0 spiro atoms. The topological polar surface area (TPSA) is 104 Å². The first-order valence-corrected chi connectivity index (χ1v) is 8.17. The van der Waals surface area contributed by atoms with Crippen molar-refractivity contribution in [2.45, 2.75) is 40.0 Å². The van der Waals surface area contributed by atoms with E-state index < -0.39 is 11.7 Å². The number of amides is 1. The van der Waals surface area contributed by atoms with Gasteiger partial charge in [-0.2, -0.15) is 5.10 Å². The fourth-order valence-electron chi connectivity index (χ4n) is 3.48. The normalized spacial score (nSPS) is 15.9. The molecule has 0 unspecified atom stereocenters. The zero-order valence-corrected chi connectivity index (χ0v) is 14.5. The van der Waals surface area contributed by atoms with Gasteiger partial charge in [0.25, 0.3) is 5.91 Å². The molecule has 1 aliphatic carbocycles. The standard InChI is InChI=1S/C18H21FN4O2/c1-4-12-16-13(7-18(2,3)8-14(16)24)23(22-12)9-5-10(19)15(17(21)25)11(20)6-9/h5-6H,4,7-8,20H2,1-3H3,(H2,21,25). The van der Waals surface area contributed by atoms with E-state index in [-0.39, 0.29) is 22.4 Å². The van der Waals surface area contributed by atoms with Crippen molar-refractivity contribution in [1.29, 1.82) is 0 Å². The molecule has 0 radical (unpaired) electrons. The van der Waals surface area contributed by atoms with Crippen molar-refractivity contribution in [2.75, 3.05) is 5.73 Å². The molecule has 4 N–H and O–H groups in total. The van der Waals surface area contributed by atoms with Crippen LogP contribution in [-0.2, 0) is 12.8 Å². The second-order valence-electron chi connectivity index (χ2n) is 7.23. The van der Waals surface area contributed by atoms with Gasteiger partial charge in [-0.1, -0.05) is 20.8 Å². The van der Waals surface area contributed by atoms with Gasteiger partial charge in [-0.3, -0.25) is 9.59 Å². The number of carbonyl (C=O) groups is 2. The molecule has 6 nitrogen and oxygen atoms in total. The van der Waals surface area contributed by atoms with Crippen molar-refractivity contribution in [3.63, 3.8) is 0 Å². The lowest BCUT2D eigenvalue weighted by atomic mass is 9.75.